The summed E-state index contributed by atoms with van der Waals surface area (Å²) in [6.45, 7) is 4.66. The first-order valence-corrected chi connectivity index (χ1v) is 7.12. The summed E-state index contributed by atoms with van der Waals surface area (Å²) < 4.78 is 0.957. The van der Waals surface area contributed by atoms with Gasteiger partial charge in [0.1, 0.15) is 5.01 Å². The third kappa shape index (κ3) is 4.36. The molecule has 1 unspecified atom stereocenters. The Kier molecular flexibility index (Phi) is 5.54. The molecule has 0 aliphatic rings. The van der Waals surface area contributed by atoms with Crippen molar-refractivity contribution in [2.75, 3.05) is 6.26 Å². The molecule has 5 nitrogen and oxygen atoms in total. The van der Waals surface area contributed by atoms with Crippen molar-refractivity contribution in [1.82, 2.24) is 15.5 Å². The van der Waals surface area contributed by atoms with Crippen LogP contribution in [0.5, 0.6) is 0 Å². The van der Waals surface area contributed by atoms with Gasteiger partial charge in [-0.1, -0.05) is 30.0 Å². The summed E-state index contributed by atoms with van der Waals surface area (Å²) in [6.07, 6.45) is 3.00. The number of nitrogens with zero attached hydrogens (tertiary/aromatic N) is 3. The van der Waals surface area contributed by atoms with Crippen LogP contribution in [0, 0.1) is 0 Å². The molecular weight excluding hydrogens is 242 g/mol. The zero-order valence-corrected chi connectivity index (χ0v) is 11.4. The lowest BCUT2D eigenvalue weighted by Crippen LogP contribution is -2.38. The first-order valence-electron chi connectivity index (χ1n) is 5.08. The van der Waals surface area contributed by atoms with E-state index < -0.39 is 0 Å². The van der Waals surface area contributed by atoms with Crippen molar-refractivity contribution in [3.63, 3.8) is 0 Å². The summed E-state index contributed by atoms with van der Waals surface area (Å²) in [4.78, 5) is 4.21. The molecule has 7 heteroatoms. The van der Waals surface area contributed by atoms with Crippen molar-refractivity contribution in [3.8, 4) is 0 Å². The van der Waals surface area contributed by atoms with Crippen LogP contribution >= 0.6 is 23.1 Å². The van der Waals surface area contributed by atoms with Crippen LogP contribution in [0.25, 0.3) is 0 Å². The second kappa shape index (κ2) is 6.70. The highest BCUT2D eigenvalue weighted by atomic mass is 32.2. The predicted octanol–water partition coefficient (Wildman–Crippen LogP) is 1.46. The fourth-order valence-electron chi connectivity index (χ4n) is 0.938. The minimum absolute atomic E-state index is 0.347. The highest BCUT2D eigenvalue weighted by Gasteiger charge is 2.03. The standard InChI is InChI=1S/C9H17N5S2/c1-4-6(2)12-8(10)11-5-7-13-14-9(15-3)16-7/h6H,4-5H2,1-3H3,(H3,10,11,12). The molecule has 3 N–H and O–H groups in total. The van der Waals surface area contributed by atoms with E-state index in [9.17, 15) is 0 Å². The lowest BCUT2D eigenvalue weighted by molar-refractivity contribution is 0.636. The van der Waals surface area contributed by atoms with Crippen LogP contribution in [0.4, 0.5) is 0 Å². The van der Waals surface area contributed by atoms with Gasteiger partial charge in [-0.25, -0.2) is 4.99 Å². The quantitative estimate of drug-likeness (QED) is 0.476. The summed E-state index contributed by atoms with van der Waals surface area (Å²) in [5.74, 6) is 0.468. The highest BCUT2D eigenvalue weighted by molar-refractivity contribution is 8.00. The maximum atomic E-state index is 5.73. The molecule has 1 rings (SSSR count). The highest BCUT2D eigenvalue weighted by Crippen LogP contribution is 2.19. The van der Waals surface area contributed by atoms with Crippen LogP contribution in [0.3, 0.4) is 0 Å². The molecule has 1 heterocycles. The van der Waals surface area contributed by atoms with Gasteiger partial charge in [-0.3, -0.25) is 0 Å². The zero-order chi connectivity index (χ0) is 12.0. The maximum Gasteiger partial charge on any atom is 0.189 e. The molecule has 1 aromatic rings. The van der Waals surface area contributed by atoms with Gasteiger partial charge < -0.3 is 11.1 Å². The zero-order valence-electron chi connectivity index (χ0n) is 9.73. The predicted molar refractivity (Wildman–Crippen MR) is 69.9 cm³/mol. The van der Waals surface area contributed by atoms with E-state index in [4.69, 9.17) is 5.73 Å². The smallest absolute Gasteiger partial charge is 0.189 e. The summed E-state index contributed by atoms with van der Waals surface area (Å²) >= 11 is 3.14. The molecule has 0 fully saturated rings. The van der Waals surface area contributed by atoms with E-state index in [-0.39, 0.29) is 0 Å². The number of aromatic nitrogens is 2. The van der Waals surface area contributed by atoms with Gasteiger partial charge in [0.05, 0.1) is 6.54 Å². The summed E-state index contributed by atoms with van der Waals surface area (Å²) in [6, 6.07) is 0.347. The van der Waals surface area contributed by atoms with Crippen molar-refractivity contribution in [1.29, 1.82) is 0 Å². The van der Waals surface area contributed by atoms with Crippen LogP contribution in [-0.2, 0) is 6.54 Å². The Morgan fingerprint density at radius 2 is 2.38 bits per heavy atom. The van der Waals surface area contributed by atoms with Crippen LogP contribution in [0.15, 0.2) is 9.33 Å². The first kappa shape index (κ1) is 13.2. The maximum absolute atomic E-state index is 5.73. The van der Waals surface area contributed by atoms with Gasteiger partial charge in [0.15, 0.2) is 10.3 Å². The molecule has 0 bridgehead atoms. The number of hydrogen-bond donors (Lipinski definition) is 2. The number of hydrogen-bond acceptors (Lipinski definition) is 5. The second-order valence-electron chi connectivity index (χ2n) is 3.32. The molecule has 0 spiro atoms. The Morgan fingerprint density at radius 1 is 1.62 bits per heavy atom. The number of nitrogens with one attached hydrogen (secondary N) is 1. The number of nitrogens with two attached hydrogens (primary N) is 1. The van der Waals surface area contributed by atoms with Gasteiger partial charge in [-0.2, -0.15) is 0 Å². The molecule has 0 saturated heterocycles. The molecule has 1 aromatic heterocycles. The van der Waals surface area contributed by atoms with E-state index in [0.29, 0.717) is 18.5 Å². The van der Waals surface area contributed by atoms with Crippen molar-refractivity contribution in [3.05, 3.63) is 5.01 Å². The van der Waals surface area contributed by atoms with Crippen LogP contribution < -0.4 is 11.1 Å². The third-order valence-electron chi connectivity index (χ3n) is 2.01. The molecule has 0 aliphatic carbocycles. The summed E-state index contributed by atoms with van der Waals surface area (Å²) in [5.41, 5.74) is 5.73. The fraction of sp³-hybridized carbons (Fsp3) is 0.667. The number of rotatable bonds is 5. The average Bonchev–Trinajstić information content (AvgIpc) is 2.74. The Labute approximate surface area is 104 Å². The molecule has 90 valence electrons. The minimum atomic E-state index is 0.347. The van der Waals surface area contributed by atoms with Gasteiger partial charge in [0.2, 0.25) is 0 Å². The summed E-state index contributed by atoms with van der Waals surface area (Å²) in [5, 5.41) is 12.0. The van der Waals surface area contributed by atoms with E-state index in [2.05, 4.69) is 34.4 Å². The van der Waals surface area contributed by atoms with Gasteiger partial charge in [-0.05, 0) is 19.6 Å². The average molecular weight is 259 g/mol. The normalized spacial score (nSPS) is 13.8. The number of aliphatic imine (C=N–C) groups is 1. The van der Waals surface area contributed by atoms with Crippen molar-refractivity contribution < 1.29 is 0 Å². The molecule has 0 radical (unpaired) electrons. The van der Waals surface area contributed by atoms with Crippen molar-refractivity contribution in [2.45, 2.75) is 37.2 Å². The molecule has 0 amide bonds. The molecule has 16 heavy (non-hydrogen) atoms. The Bertz CT molecular complexity index is 349. The number of thioether (sulfide) groups is 1. The summed E-state index contributed by atoms with van der Waals surface area (Å²) in [7, 11) is 0. The lowest BCUT2D eigenvalue weighted by atomic mass is 10.3. The van der Waals surface area contributed by atoms with Gasteiger partial charge in [-0.15, -0.1) is 10.2 Å². The SMILES string of the molecule is CCC(C)NC(N)=NCc1nnc(SC)s1. The second-order valence-corrected chi connectivity index (χ2v) is 5.44. The molecule has 0 aliphatic heterocycles. The van der Waals surface area contributed by atoms with Crippen LogP contribution in [0.2, 0.25) is 0 Å². The van der Waals surface area contributed by atoms with E-state index >= 15 is 0 Å². The fourth-order valence-corrected chi connectivity index (χ4v) is 2.18. The van der Waals surface area contributed by atoms with Crippen molar-refractivity contribution >= 4 is 29.1 Å². The molecule has 0 aromatic carbocycles. The Hall–Kier alpha value is -0.820. The van der Waals surface area contributed by atoms with Gasteiger partial charge in [0, 0.05) is 6.04 Å². The van der Waals surface area contributed by atoms with Crippen LogP contribution in [0.1, 0.15) is 25.3 Å². The Balaban J connectivity index is 2.45. The number of guanidine groups is 1. The Morgan fingerprint density at radius 3 is 2.94 bits per heavy atom. The third-order valence-corrected chi connectivity index (χ3v) is 3.90. The van der Waals surface area contributed by atoms with E-state index in [1.807, 2.05) is 6.26 Å². The molecule has 1 atom stereocenters. The van der Waals surface area contributed by atoms with Crippen molar-refractivity contribution in [2.24, 2.45) is 10.7 Å². The lowest BCUT2D eigenvalue weighted by Gasteiger charge is -2.11. The van der Waals surface area contributed by atoms with E-state index in [0.717, 1.165) is 15.8 Å². The van der Waals surface area contributed by atoms with Gasteiger partial charge in [0.25, 0.3) is 0 Å². The van der Waals surface area contributed by atoms with E-state index in [1.54, 1.807) is 23.1 Å². The minimum Gasteiger partial charge on any atom is -0.370 e. The van der Waals surface area contributed by atoms with Crippen LogP contribution in [-0.4, -0.2) is 28.5 Å². The first-order chi connectivity index (χ1) is 7.65. The molecular formula is C9H17N5S2. The van der Waals surface area contributed by atoms with E-state index in [1.165, 1.54) is 0 Å². The van der Waals surface area contributed by atoms with Gasteiger partial charge >= 0.3 is 0 Å². The molecule has 0 saturated carbocycles. The monoisotopic (exact) mass is 259 g/mol. The topological polar surface area (TPSA) is 76.2 Å². The largest absolute Gasteiger partial charge is 0.370 e.